The molecule has 0 aliphatic heterocycles. The van der Waals surface area contributed by atoms with Gasteiger partial charge in [0.05, 0.1) is 7.11 Å². The van der Waals surface area contributed by atoms with Gasteiger partial charge in [0.15, 0.2) is 0 Å². The first-order valence-electron chi connectivity index (χ1n) is 6.44. The second-order valence-electron chi connectivity index (χ2n) is 5.91. The molecule has 0 aliphatic rings. The first-order chi connectivity index (χ1) is 8.33. The zero-order valence-electron chi connectivity index (χ0n) is 12.1. The molecule has 18 heavy (non-hydrogen) atoms. The van der Waals surface area contributed by atoms with Gasteiger partial charge in [-0.1, -0.05) is 26.8 Å². The fourth-order valence-electron chi connectivity index (χ4n) is 1.79. The summed E-state index contributed by atoms with van der Waals surface area (Å²) in [6, 6.07) is 5.57. The average Bonchev–Trinajstić information content (AvgIpc) is 2.26. The number of aromatic hydroxyl groups is 1. The van der Waals surface area contributed by atoms with Crippen LogP contribution < -0.4 is 10.1 Å². The Morgan fingerprint density at radius 2 is 2.00 bits per heavy atom. The number of rotatable bonds is 5. The number of nitrogens with one attached hydrogen (secondary N) is 1. The molecule has 0 saturated heterocycles. The lowest BCUT2D eigenvalue weighted by Crippen LogP contribution is -2.23. The highest BCUT2D eigenvalue weighted by molar-refractivity contribution is 5.41. The van der Waals surface area contributed by atoms with Crippen molar-refractivity contribution in [2.75, 3.05) is 13.7 Å². The van der Waals surface area contributed by atoms with E-state index in [9.17, 15) is 5.11 Å². The summed E-state index contributed by atoms with van der Waals surface area (Å²) in [5.74, 6) is 0.961. The van der Waals surface area contributed by atoms with Crippen molar-refractivity contribution in [2.24, 2.45) is 5.41 Å². The highest BCUT2D eigenvalue weighted by Gasteiger charge is 2.13. The maximum atomic E-state index is 9.93. The van der Waals surface area contributed by atoms with Gasteiger partial charge in [-0.2, -0.15) is 0 Å². The maximum Gasteiger partial charge on any atom is 0.124 e. The lowest BCUT2D eigenvalue weighted by atomic mass is 9.92. The number of phenols is 1. The summed E-state index contributed by atoms with van der Waals surface area (Å²) >= 11 is 0. The molecule has 3 nitrogen and oxygen atoms in total. The molecule has 0 saturated carbocycles. The third kappa shape index (κ3) is 4.57. The van der Waals surface area contributed by atoms with Crippen LogP contribution in [0.2, 0.25) is 0 Å². The number of methoxy groups -OCH3 is 1. The van der Waals surface area contributed by atoms with Crippen molar-refractivity contribution in [3.63, 3.8) is 0 Å². The Kier molecular flexibility index (Phi) is 5.03. The van der Waals surface area contributed by atoms with Crippen molar-refractivity contribution in [1.29, 1.82) is 0 Å². The molecule has 2 N–H and O–H groups in total. The van der Waals surface area contributed by atoms with E-state index < -0.39 is 0 Å². The van der Waals surface area contributed by atoms with Crippen LogP contribution in [-0.2, 0) is 0 Å². The minimum absolute atomic E-state index is 0.137. The smallest absolute Gasteiger partial charge is 0.124 e. The molecule has 0 fully saturated rings. The summed E-state index contributed by atoms with van der Waals surface area (Å²) < 4.78 is 5.08. The Labute approximate surface area is 110 Å². The first-order valence-corrected chi connectivity index (χ1v) is 6.44. The van der Waals surface area contributed by atoms with Crippen LogP contribution in [0.5, 0.6) is 11.5 Å². The molecule has 1 atom stereocenters. The van der Waals surface area contributed by atoms with Crippen molar-refractivity contribution in [3.8, 4) is 11.5 Å². The topological polar surface area (TPSA) is 41.5 Å². The van der Waals surface area contributed by atoms with E-state index >= 15 is 0 Å². The van der Waals surface area contributed by atoms with E-state index in [2.05, 4.69) is 33.0 Å². The van der Waals surface area contributed by atoms with Crippen LogP contribution in [0, 0.1) is 5.41 Å². The summed E-state index contributed by atoms with van der Waals surface area (Å²) in [5, 5.41) is 13.4. The van der Waals surface area contributed by atoms with Crippen LogP contribution in [0.4, 0.5) is 0 Å². The first kappa shape index (κ1) is 14.8. The number of ether oxygens (including phenoxy) is 1. The normalized spacial score (nSPS) is 13.4. The number of benzene rings is 1. The van der Waals surface area contributed by atoms with E-state index in [1.54, 1.807) is 13.2 Å². The number of hydrogen-bond acceptors (Lipinski definition) is 3. The van der Waals surface area contributed by atoms with Crippen LogP contribution in [0.15, 0.2) is 18.2 Å². The molecule has 1 rings (SSSR count). The second-order valence-corrected chi connectivity index (χ2v) is 5.91. The Morgan fingerprint density at radius 3 is 2.50 bits per heavy atom. The van der Waals surface area contributed by atoms with E-state index in [1.165, 1.54) is 0 Å². The van der Waals surface area contributed by atoms with Gasteiger partial charge in [-0.25, -0.2) is 0 Å². The van der Waals surface area contributed by atoms with Gasteiger partial charge >= 0.3 is 0 Å². The standard InChI is InChI=1S/C15H25NO2/c1-11(16-9-8-15(2,3)4)13-7-6-12(18-5)10-14(13)17/h6-7,10-11,16-17H,8-9H2,1-5H3. The predicted molar refractivity (Wildman–Crippen MR) is 75.1 cm³/mol. The zero-order valence-corrected chi connectivity index (χ0v) is 12.1. The second kappa shape index (κ2) is 6.10. The SMILES string of the molecule is COc1ccc(C(C)NCCC(C)(C)C)c(O)c1. The number of phenolic OH excluding ortho intramolecular Hbond substituents is 1. The summed E-state index contributed by atoms with van der Waals surface area (Å²) in [5.41, 5.74) is 1.24. The summed E-state index contributed by atoms with van der Waals surface area (Å²) in [7, 11) is 1.60. The van der Waals surface area contributed by atoms with Crippen molar-refractivity contribution >= 4 is 0 Å². The van der Waals surface area contributed by atoms with Gasteiger partial charge in [0.2, 0.25) is 0 Å². The van der Waals surface area contributed by atoms with Gasteiger partial charge in [-0.3, -0.25) is 0 Å². The third-order valence-electron chi connectivity index (χ3n) is 3.03. The monoisotopic (exact) mass is 251 g/mol. The lowest BCUT2D eigenvalue weighted by molar-refractivity contribution is 0.355. The van der Waals surface area contributed by atoms with Gasteiger partial charge < -0.3 is 15.2 Å². The lowest BCUT2D eigenvalue weighted by Gasteiger charge is -2.21. The van der Waals surface area contributed by atoms with Crippen molar-refractivity contribution in [2.45, 2.75) is 40.2 Å². The van der Waals surface area contributed by atoms with Gasteiger partial charge in [0, 0.05) is 17.7 Å². The Bertz CT molecular complexity index is 383. The quantitative estimate of drug-likeness (QED) is 0.841. The summed E-state index contributed by atoms with van der Waals surface area (Å²) in [6.07, 6.45) is 1.11. The van der Waals surface area contributed by atoms with Crippen molar-refractivity contribution in [3.05, 3.63) is 23.8 Å². The molecule has 1 aromatic rings. The van der Waals surface area contributed by atoms with Crippen molar-refractivity contribution in [1.82, 2.24) is 5.32 Å². The third-order valence-corrected chi connectivity index (χ3v) is 3.03. The highest BCUT2D eigenvalue weighted by atomic mass is 16.5. The van der Waals surface area contributed by atoms with Crippen LogP contribution in [0.3, 0.4) is 0 Å². The predicted octanol–water partition coefficient (Wildman–Crippen LogP) is 3.49. The molecule has 0 radical (unpaired) electrons. The molecule has 1 unspecified atom stereocenters. The molecule has 102 valence electrons. The summed E-state index contributed by atoms with van der Waals surface area (Å²) in [6.45, 7) is 9.68. The zero-order chi connectivity index (χ0) is 13.8. The largest absolute Gasteiger partial charge is 0.507 e. The molecular weight excluding hydrogens is 226 g/mol. The fraction of sp³-hybridized carbons (Fsp3) is 0.600. The fourth-order valence-corrected chi connectivity index (χ4v) is 1.79. The molecule has 3 heteroatoms. The average molecular weight is 251 g/mol. The van der Waals surface area contributed by atoms with E-state index in [1.807, 2.05) is 12.1 Å². The van der Waals surface area contributed by atoms with Gasteiger partial charge in [0.1, 0.15) is 11.5 Å². The Hall–Kier alpha value is -1.22. The van der Waals surface area contributed by atoms with E-state index in [0.29, 0.717) is 11.2 Å². The highest BCUT2D eigenvalue weighted by Crippen LogP contribution is 2.28. The number of hydrogen-bond donors (Lipinski definition) is 2. The van der Waals surface area contributed by atoms with Crippen molar-refractivity contribution < 1.29 is 9.84 Å². The molecule has 0 bridgehead atoms. The van der Waals surface area contributed by atoms with E-state index in [0.717, 1.165) is 18.5 Å². The molecule has 0 amide bonds. The van der Waals surface area contributed by atoms with Crippen LogP contribution in [0.25, 0.3) is 0 Å². The van der Waals surface area contributed by atoms with E-state index in [-0.39, 0.29) is 11.8 Å². The van der Waals surface area contributed by atoms with Gasteiger partial charge in [0.25, 0.3) is 0 Å². The molecule has 0 aromatic heterocycles. The Morgan fingerprint density at radius 1 is 1.33 bits per heavy atom. The maximum absolute atomic E-state index is 9.93. The molecule has 0 heterocycles. The molecule has 1 aromatic carbocycles. The minimum Gasteiger partial charge on any atom is -0.507 e. The van der Waals surface area contributed by atoms with Gasteiger partial charge in [-0.05, 0) is 31.4 Å². The Balaban J connectivity index is 2.59. The molecular formula is C15H25NO2. The van der Waals surface area contributed by atoms with Crippen LogP contribution >= 0.6 is 0 Å². The molecule has 0 aliphatic carbocycles. The van der Waals surface area contributed by atoms with Gasteiger partial charge in [-0.15, -0.1) is 0 Å². The minimum atomic E-state index is 0.137. The van der Waals surface area contributed by atoms with E-state index in [4.69, 9.17) is 4.74 Å². The molecule has 0 spiro atoms. The van der Waals surface area contributed by atoms with Crippen LogP contribution in [0.1, 0.15) is 45.7 Å². The summed E-state index contributed by atoms with van der Waals surface area (Å²) in [4.78, 5) is 0. The van der Waals surface area contributed by atoms with Crippen LogP contribution in [-0.4, -0.2) is 18.8 Å².